The summed E-state index contributed by atoms with van der Waals surface area (Å²) in [5.41, 5.74) is 0.355. The van der Waals surface area contributed by atoms with Gasteiger partial charge in [-0.1, -0.05) is 25.4 Å². The lowest BCUT2D eigenvalue weighted by molar-refractivity contribution is -0.787. The molecule has 0 spiro atoms. The first-order valence-corrected chi connectivity index (χ1v) is 11.6. The Morgan fingerprint density at radius 1 is 1.18 bits per heavy atom. The summed E-state index contributed by atoms with van der Waals surface area (Å²) >= 11 is 6.17. The van der Waals surface area contributed by atoms with Crippen molar-refractivity contribution in [2.45, 2.75) is 76.4 Å². The summed E-state index contributed by atoms with van der Waals surface area (Å²) in [4.78, 5) is 12.8. The smallest absolute Gasteiger partial charge is 0.251 e. The van der Waals surface area contributed by atoms with Gasteiger partial charge in [0.2, 0.25) is 10.0 Å². The van der Waals surface area contributed by atoms with Crippen LogP contribution in [0.15, 0.2) is 23.1 Å². The Morgan fingerprint density at radius 3 is 2.21 bits per heavy atom. The molecule has 28 heavy (non-hydrogen) atoms. The van der Waals surface area contributed by atoms with E-state index in [1.807, 2.05) is 0 Å². The molecule has 1 heterocycles. The molecular formula is C20H33ClN3O3S+. The molecule has 1 saturated heterocycles. The number of amides is 1. The molecule has 0 aliphatic carbocycles. The van der Waals surface area contributed by atoms with Crippen LogP contribution in [-0.4, -0.2) is 48.8 Å². The van der Waals surface area contributed by atoms with E-state index in [1.54, 1.807) is 19.9 Å². The highest BCUT2D eigenvalue weighted by atomic mass is 35.5. The monoisotopic (exact) mass is 430 g/mol. The normalized spacial score (nSPS) is 19.6. The molecule has 0 bridgehead atoms. The highest BCUT2D eigenvalue weighted by molar-refractivity contribution is 7.89. The van der Waals surface area contributed by atoms with Crippen LogP contribution >= 0.6 is 11.6 Å². The van der Waals surface area contributed by atoms with E-state index in [0.717, 1.165) is 12.8 Å². The Kier molecular flexibility index (Phi) is 6.86. The fourth-order valence-electron chi connectivity index (χ4n) is 4.43. The van der Waals surface area contributed by atoms with E-state index >= 15 is 0 Å². The molecule has 0 saturated carbocycles. The van der Waals surface area contributed by atoms with Crippen LogP contribution < -0.4 is 10.6 Å². The fraction of sp³-hybridized carbons (Fsp3) is 0.650. The first-order valence-electron chi connectivity index (χ1n) is 9.79. The standard InChI is InChI=1S/C20H32ClN3O3S/c1-7-24(8-2)28(26,27)17-11-14(9-10-16(17)21)18(25)22-15-12-19(3,4)23-20(5,6)13-15/h9-11,15,23H,7-8,12-13H2,1-6H3,(H,22,25)/p+1. The lowest BCUT2D eigenvalue weighted by Gasteiger charge is -2.43. The average molecular weight is 431 g/mol. The average Bonchev–Trinajstić information content (AvgIpc) is 2.52. The van der Waals surface area contributed by atoms with Crippen molar-refractivity contribution in [3.8, 4) is 0 Å². The predicted octanol–water partition coefficient (Wildman–Crippen LogP) is 2.38. The van der Waals surface area contributed by atoms with E-state index in [-0.39, 0.29) is 32.9 Å². The second-order valence-corrected chi connectivity index (χ2v) is 11.2. The Hall–Kier alpha value is -1.15. The predicted molar refractivity (Wildman–Crippen MR) is 112 cm³/mol. The molecule has 1 aliphatic rings. The first-order chi connectivity index (χ1) is 12.8. The van der Waals surface area contributed by atoms with Crippen LogP contribution in [0.25, 0.3) is 0 Å². The van der Waals surface area contributed by atoms with Gasteiger partial charge in [-0.05, 0) is 45.9 Å². The van der Waals surface area contributed by atoms with E-state index in [1.165, 1.54) is 16.4 Å². The molecule has 1 fully saturated rings. The molecule has 3 N–H and O–H groups in total. The molecule has 1 aromatic rings. The van der Waals surface area contributed by atoms with Crippen molar-refractivity contribution in [2.75, 3.05) is 13.1 Å². The lowest BCUT2D eigenvalue weighted by atomic mass is 9.79. The summed E-state index contributed by atoms with van der Waals surface area (Å²) in [5.74, 6) is -0.272. The third kappa shape index (κ3) is 5.26. The van der Waals surface area contributed by atoms with Gasteiger partial charge in [0.05, 0.1) is 16.1 Å². The minimum atomic E-state index is -3.74. The van der Waals surface area contributed by atoms with Gasteiger partial charge >= 0.3 is 0 Å². The van der Waals surface area contributed by atoms with Crippen LogP contribution in [-0.2, 0) is 10.0 Å². The molecule has 0 unspecified atom stereocenters. The number of quaternary nitrogens is 1. The van der Waals surface area contributed by atoms with Gasteiger partial charge in [0.15, 0.2) is 0 Å². The molecule has 0 aromatic heterocycles. The molecule has 158 valence electrons. The van der Waals surface area contributed by atoms with Gasteiger partial charge in [-0.3, -0.25) is 4.79 Å². The fourth-order valence-corrected chi connectivity index (χ4v) is 6.39. The van der Waals surface area contributed by atoms with Crippen LogP contribution in [0.5, 0.6) is 0 Å². The van der Waals surface area contributed by atoms with E-state index in [0.29, 0.717) is 18.7 Å². The van der Waals surface area contributed by atoms with Crippen molar-refractivity contribution in [1.82, 2.24) is 9.62 Å². The molecule has 6 nitrogen and oxygen atoms in total. The van der Waals surface area contributed by atoms with Gasteiger partial charge in [0, 0.05) is 37.5 Å². The first kappa shape index (κ1) is 23.1. The summed E-state index contributed by atoms with van der Waals surface area (Å²) in [6, 6.07) is 4.47. The SMILES string of the molecule is CCN(CC)S(=O)(=O)c1cc(C(=O)NC2CC(C)(C)[NH2+]C(C)(C)C2)ccc1Cl. The topological polar surface area (TPSA) is 83.1 Å². The summed E-state index contributed by atoms with van der Waals surface area (Å²) in [6.45, 7) is 12.9. The van der Waals surface area contributed by atoms with Crippen LogP contribution in [0.3, 0.4) is 0 Å². The summed E-state index contributed by atoms with van der Waals surface area (Å²) in [6.07, 6.45) is 1.70. The number of nitrogens with one attached hydrogen (secondary N) is 1. The van der Waals surface area contributed by atoms with Crippen molar-refractivity contribution in [3.05, 3.63) is 28.8 Å². The Labute approximate surface area is 174 Å². The van der Waals surface area contributed by atoms with E-state index in [2.05, 4.69) is 38.3 Å². The minimum absolute atomic E-state index is 0.0247. The number of sulfonamides is 1. The van der Waals surface area contributed by atoms with Crippen molar-refractivity contribution in [3.63, 3.8) is 0 Å². The van der Waals surface area contributed by atoms with E-state index in [4.69, 9.17) is 11.6 Å². The zero-order valence-electron chi connectivity index (χ0n) is 17.7. The molecule has 1 aliphatic heterocycles. The zero-order chi connectivity index (χ0) is 21.3. The van der Waals surface area contributed by atoms with Crippen molar-refractivity contribution < 1.29 is 18.5 Å². The number of hydrogen-bond acceptors (Lipinski definition) is 3. The molecule has 0 radical (unpaired) electrons. The minimum Gasteiger partial charge on any atom is -0.349 e. The van der Waals surface area contributed by atoms with Crippen molar-refractivity contribution in [2.24, 2.45) is 0 Å². The Balaban J connectivity index is 2.28. The number of nitrogens with two attached hydrogens (primary N) is 1. The van der Waals surface area contributed by atoms with E-state index in [9.17, 15) is 13.2 Å². The molecule has 2 rings (SSSR count). The second-order valence-electron chi connectivity index (χ2n) is 8.93. The quantitative estimate of drug-likeness (QED) is 0.726. The second kappa shape index (κ2) is 8.30. The van der Waals surface area contributed by atoms with Crippen LogP contribution in [0, 0.1) is 0 Å². The number of piperidine rings is 1. The number of benzene rings is 1. The number of carbonyl (C=O) groups is 1. The number of nitrogens with zero attached hydrogens (tertiary/aromatic N) is 1. The largest absolute Gasteiger partial charge is 0.349 e. The van der Waals surface area contributed by atoms with Crippen LogP contribution in [0.4, 0.5) is 0 Å². The molecular weight excluding hydrogens is 398 g/mol. The Morgan fingerprint density at radius 2 is 1.71 bits per heavy atom. The van der Waals surface area contributed by atoms with Gasteiger partial charge in [0.25, 0.3) is 5.91 Å². The number of halogens is 1. The number of rotatable bonds is 6. The van der Waals surface area contributed by atoms with Gasteiger partial charge in [-0.2, -0.15) is 4.31 Å². The zero-order valence-corrected chi connectivity index (χ0v) is 19.2. The molecule has 1 amide bonds. The van der Waals surface area contributed by atoms with Gasteiger partial charge in [-0.25, -0.2) is 8.42 Å². The highest BCUT2D eigenvalue weighted by Gasteiger charge is 2.42. The van der Waals surface area contributed by atoms with Gasteiger partial charge in [-0.15, -0.1) is 0 Å². The third-order valence-corrected chi connectivity index (χ3v) is 7.71. The number of hydrogen-bond donors (Lipinski definition) is 2. The van der Waals surface area contributed by atoms with Crippen molar-refractivity contribution in [1.29, 1.82) is 0 Å². The molecule has 0 atom stereocenters. The van der Waals surface area contributed by atoms with E-state index < -0.39 is 10.0 Å². The molecule has 8 heteroatoms. The van der Waals surface area contributed by atoms with Gasteiger partial charge < -0.3 is 10.6 Å². The molecule has 1 aromatic carbocycles. The van der Waals surface area contributed by atoms with Crippen LogP contribution in [0.1, 0.15) is 64.7 Å². The van der Waals surface area contributed by atoms with Crippen molar-refractivity contribution >= 4 is 27.5 Å². The maximum Gasteiger partial charge on any atom is 0.251 e. The highest BCUT2D eigenvalue weighted by Crippen LogP contribution is 2.27. The van der Waals surface area contributed by atoms with Crippen LogP contribution in [0.2, 0.25) is 5.02 Å². The summed E-state index contributed by atoms with van der Waals surface area (Å²) in [5, 5.41) is 5.56. The summed E-state index contributed by atoms with van der Waals surface area (Å²) < 4.78 is 27.0. The maximum absolute atomic E-state index is 12.9. The lowest BCUT2D eigenvalue weighted by Crippen LogP contribution is -3.06. The third-order valence-electron chi connectivity index (χ3n) is 5.18. The maximum atomic E-state index is 12.9. The number of carbonyl (C=O) groups excluding carboxylic acids is 1. The van der Waals surface area contributed by atoms with Gasteiger partial charge in [0.1, 0.15) is 4.90 Å². The Bertz CT molecular complexity index is 817. The summed E-state index contributed by atoms with van der Waals surface area (Å²) in [7, 11) is -3.74.